The zero-order valence-electron chi connectivity index (χ0n) is 14.3. The molecule has 1 N–H and O–H groups in total. The highest BCUT2D eigenvalue weighted by Gasteiger charge is 2.24. The van der Waals surface area contributed by atoms with Crippen LogP contribution in [0.5, 0.6) is 5.75 Å². The molecule has 0 saturated carbocycles. The molecule has 2 aromatic carbocycles. The number of hydrogen-bond acceptors (Lipinski definition) is 5. The molecular weight excluding hydrogens is 326 g/mol. The Hall–Kier alpha value is -3.08. The number of para-hydroxylation sites is 1. The van der Waals surface area contributed by atoms with Crippen LogP contribution in [0.25, 0.3) is 22.1 Å². The predicted molar refractivity (Wildman–Crippen MR) is 102 cm³/mol. The van der Waals surface area contributed by atoms with E-state index < -0.39 is 0 Å². The minimum atomic E-state index is 0.319. The van der Waals surface area contributed by atoms with Crippen LogP contribution in [0.3, 0.4) is 0 Å². The number of hydrogen-bond donors (Lipinski definition) is 1. The fraction of sp³-hybridized carbons (Fsp3) is 0.238. The van der Waals surface area contributed by atoms with E-state index in [4.69, 9.17) is 4.42 Å². The van der Waals surface area contributed by atoms with E-state index in [0.29, 0.717) is 11.7 Å². The molecule has 0 unspecified atom stereocenters. The summed E-state index contributed by atoms with van der Waals surface area (Å²) in [4.78, 5) is 11.3. The maximum absolute atomic E-state index is 9.47. The Kier molecular flexibility index (Phi) is 3.52. The number of phenols is 1. The van der Waals surface area contributed by atoms with Gasteiger partial charge in [0.15, 0.2) is 11.4 Å². The average molecular weight is 345 g/mol. The molecule has 1 fully saturated rings. The van der Waals surface area contributed by atoms with Gasteiger partial charge >= 0.3 is 0 Å². The summed E-state index contributed by atoms with van der Waals surface area (Å²) in [6, 6.07) is 15.6. The monoisotopic (exact) mass is 345 g/mol. The second kappa shape index (κ2) is 6.02. The summed E-state index contributed by atoms with van der Waals surface area (Å²) in [7, 11) is 0. The highest BCUT2D eigenvalue weighted by molar-refractivity contribution is 6.05. The van der Waals surface area contributed by atoms with Gasteiger partial charge in [-0.1, -0.05) is 24.3 Å². The number of aromatic nitrogens is 2. The lowest BCUT2D eigenvalue weighted by molar-refractivity contribution is 0.472. The van der Waals surface area contributed by atoms with Crippen LogP contribution in [0, 0.1) is 0 Å². The fourth-order valence-electron chi connectivity index (χ4n) is 3.91. The second-order valence-electron chi connectivity index (χ2n) is 6.83. The molecule has 1 aliphatic rings. The summed E-state index contributed by atoms with van der Waals surface area (Å²) >= 11 is 0. The van der Waals surface area contributed by atoms with Gasteiger partial charge in [-0.25, -0.2) is 9.97 Å². The topological polar surface area (TPSA) is 62.4 Å². The Morgan fingerprint density at radius 1 is 0.962 bits per heavy atom. The van der Waals surface area contributed by atoms with Crippen LogP contribution >= 0.6 is 0 Å². The van der Waals surface area contributed by atoms with Crippen molar-refractivity contribution in [1.82, 2.24) is 9.97 Å². The van der Waals surface area contributed by atoms with Crippen LogP contribution in [-0.2, 0) is 0 Å². The summed E-state index contributed by atoms with van der Waals surface area (Å²) in [5.41, 5.74) is 3.80. The highest BCUT2D eigenvalue weighted by Crippen LogP contribution is 2.35. The molecule has 5 heteroatoms. The van der Waals surface area contributed by atoms with Gasteiger partial charge in [-0.3, -0.25) is 0 Å². The molecule has 0 amide bonds. The minimum Gasteiger partial charge on any atom is -0.508 e. The number of rotatable bonds is 2. The maximum atomic E-state index is 9.47. The van der Waals surface area contributed by atoms with Crippen molar-refractivity contribution in [1.29, 1.82) is 0 Å². The summed E-state index contributed by atoms with van der Waals surface area (Å²) in [5.74, 6) is 1.72. The number of anilines is 1. The Balaban J connectivity index is 1.44. The largest absolute Gasteiger partial charge is 0.508 e. The first kappa shape index (κ1) is 15.2. The van der Waals surface area contributed by atoms with E-state index in [1.54, 1.807) is 18.5 Å². The van der Waals surface area contributed by atoms with E-state index >= 15 is 0 Å². The van der Waals surface area contributed by atoms with Crippen molar-refractivity contribution in [2.45, 2.75) is 18.8 Å². The van der Waals surface area contributed by atoms with E-state index in [2.05, 4.69) is 14.9 Å². The van der Waals surface area contributed by atoms with Gasteiger partial charge in [-0.2, -0.15) is 0 Å². The van der Waals surface area contributed by atoms with Crippen molar-refractivity contribution in [2.24, 2.45) is 0 Å². The summed E-state index contributed by atoms with van der Waals surface area (Å²) in [6.45, 7) is 1.85. The van der Waals surface area contributed by atoms with Crippen molar-refractivity contribution in [3.05, 3.63) is 60.4 Å². The van der Waals surface area contributed by atoms with Crippen molar-refractivity contribution in [3.63, 3.8) is 0 Å². The van der Waals surface area contributed by atoms with E-state index in [1.807, 2.05) is 36.4 Å². The van der Waals surface area contributed by atoms with Crippen LogP contribution in [0.15, 0.2) is 59.3 Å². The second-order valence-corrected chi connectivity index (χ2v) is 6.83. The smallest absolute Gasteiger partial charge is 0.196 e. The Labute approximate surface area is 150 Å². The van der Waals surface area contributed by atoms with E-state index in [-0.39, 0.29) is 0 Å². The molecule has 1 saturated heterocycles. The Morgan fingerprint density at radius 3 is 2.54 bits per heavy atom. The average Bonchev–Trinajstić information content (AvgIpc) is 3.08. The number of phenolic OH excluding ortho intramolecular Hbond substituents is 1. The first-order chi connectivity index (χ1) is 12.8. The molecular formula is C21H19N3O2. The summed E-state index contributed by atoms with van der Waals surface area (Å²) in [5, 5.41) is 10.5. The number of piperidine rings is 1. The van der Waals surface area contributed by atoms with Gasteiger partial charge in [0, 0.05) is 18.5 Å². The first-order valence-electron chi connectivity index (χ1n) is 8.96. The van der Waals surface area contributed by atoms with Gasteiger partial charge in [0.1, 0.15) is 23.2 Å². The number of aromatic hydroxyl groups is 1. The normalized spacial score (nSPS) is 15.8. The van der Waals surface area contributed by atoms with Crippen LogP contribution in [0.4, 0.5) is 5.82 Å². The van der Waals surface area contributed by atoms with Gasteiger partial charge in [0.25, 0.3) is 0 Å². The molecule has 0 radical (unpaired) electrons. The molecule has 0 spiro atoms. The molecule has 0 aliphatic carbocycles. The van der Waals surface area contributed by atoms with Crippen LogP contribution in [-0.4, -0.2) is 28.2 Å². The van der Waals surface area contributed by atoms with Gasteiger partial charge in [0.2, 0.25) is 0 Å². The Bertz CT molecular complexity index is 1060. The summed E-state index contributed by atoms with van der Waals surface area (Å²) < 4.78 is 6.07. The third kappa shape index (κ3) is 2.47. The van der Waals surface area contributed by atoms with Crippen molar-refractivity contribution >= 4 is 27.9 Å². The molecule has 5 nitrogen and oxygen atoms in total. The Morgan fingerprint density at radius 2 is 1.73 bits per heavy atom. The van der Waals surface area contributed by atoms with E-state index in [9.17, 15) is 5.11 Å². The highest BCUT2D eigenvalue weighted by atomic mass is 16.3. The molecule has 5 rings (SSSR count). The van der Waals surface area contributed by atoms with Crippen LogP contribution in [0.2, 0.25) is 0 Å². The molecule has 0 atom stereocenters. The number of benzene rings is 2. The van der Waals surface area contributed by atoms with Crippen molar-refractivity contribution in [3.8, 4) is 5.75 Å². The fourth-order valence-corrected chi connectivity index (χ4v) is 3.91. The van der Waals surface area contributed by atoms with Crippen molar-refractivity contribution < 1.29 is 9.52 Å². The number of fused-ring (bicyclic) bond motifs is 3. The molecule has 3 heterocycles. The molecule has 2 aromatic heterocycles. The number of furan rings is 1. The molecule has 0 bridgehead atoms. The van der Waals surface area contributed by atoms with Gasteiger partial charge in [-0.05, 0) is 48.6 Å². The lowest BCUT2D eigenvalue weighted by atomic mass is 9.89. The first-order valence-corrected chi connectivity index (χ1v) is 8.96. The minimum absolute atomic E-state index is 0.319. The summed E-state index contributed by atoms with van der Waals surface area (Å²) in [6.07, 6.45) is 3.73. The lowest BCUT2D eigenvalue weighted by Gasteiger charge is -2.32. The quantitative estimate of drug-likeness (QED) is 0.581. The third-order valence-corrected chi connectivity index (χ3v) is 5.30. The zero-order valence-corrected chi connectivity index (χ0v) is 14.3. The number of nitrogens with zero attached hydrogens (tertiary/aromatic N) is 3. The standard InChI is InChI=1S/C21H19N3O2/c25-16-7-5-14(6-8-16)15-9-11-24(12-10-15)21-20-19(22-13-23-21)17-3-1-2-4-18(17)26-20/h1-8,13,15,25H,9-12H2. The predicted octanol–water partition coefficient (Wildman–Crippen LogP) is 4.47. The van der Waals surface area contributed by atoms with Crippen LogP contribution < -0.4 is 4.90 Å². The zero-order chi connectivity index (χ0) is 17.5. The van der Waals surface area contributed by atoms with Gasteiger partial charge in [0.05, 0.1) is 0 Å². The SMILES string of the molecule is Oc1ccc(C2CCN(c3ncnc4c3oc3ccccc34)CC2)cc1. The molecule has 26 heavy (non-hydrogen) atoms. The molecule has 4 aromatic rings. The van der Waals surface area contributed by atoms with Gasteiger partial charge in [-0.15, -0.1) is 0 Å². The molecule has 130 valence electrons. The van der Waals surface area contributed by atoms with Crippen LogP contribution in [0.1, 0.15) is 24.3 Å². The maximum Gasteiger partial charge on any atom is 0.196 e. The third-order valence-electron chi connectivity index (χ3n) is 5.30. The molecule has 1 aliphatic heterocycles. The van der Waals surface area contributed by atoms with Crippen molar-refractivity contribution in [2.75, 3.05) is 18.0 Å². The van der Waals surface area contributed by atoms with E-state index in [0.717, 1.165) is 53.8 Å². The van der Waals surface area contributed by atoms with Gasteiger partial charge < -0.3 is 14.4 Å². The lowest BCUT2D eigenvalue weighted by Crippen LogP contribution is -2.33. The van der Waals surface area contributed by atoms with E-state index in [1.165, 1.54) is 5.56 Å².